The second-order valence-corrected chi connectivity index (χ2v) is 5.27. The van der Waals surface area contributed by atoms with Gasteiger partial charge in [-0.3, -0.25) is 0 Å². The average molecular weight is 266 g/mol. The maximum Gasteiger partial charge on any atom is 0.195 e. The van der Waals surface area contributed by atoms with E-state index in [1.54, 1.807) is 12.4 Å². The van der Waals surface area contributed by atoms with Crippen molar-refractivity contribution in [2.45, 2.75) is 29.4 Å². The van der Waals surface area contributed by atoms with Gasteiger partial charge in [0.1, 0.15) is 12.1 Å². The summed E-state index contributed by atoms with van der Waals surface area (Å²) in [7, 11) is 1.87. The normalized spacial score (nSPS) is 12.7. The summed E-state index contributed by atoms with van der Waals surface area (Å²) in [6, 6.07) is 4.73. The zero-order valence-corrected chi connectivity index (χ0v) is 11.1. The van der Waals surface area contributed by atoms with Crippen molar-refractivity contribution >= 4 is 11.8 Å². The van der Waals surface area contributed by atoms with Gasteiger partial charge < -0.3 is 10.3 Å². The maximum absolute atomic E-state index is 13.3. The molecular formula is C12H15FN4S. The van der Waals surface area contributed by atoms with E-state index in [1.807, 2.05) is 18.5 Å². The summed E-state index contributed by atoms with van der Waals surface area (Å²) in [5, 5.41) is 8.59. The molecule has 6 heteroatoms. The molecule has 1 aromatic heterocycles. The van der Waals surface area contributed by atoms with E-state index in [1.165, 1.54) is 23.9 Å². The van der Waals surface area contributed by atoms with E-state index in [9.17, 15) is 4.39 Å². The molecule has 2 N–H and O–H groups in total. The smallest absolute Gasteiger partial charge is 0.195 e. The van der Waals surface area contributed by atoms with Gasteiger partial charge in [-0.2, -0.15) is 0 Å². The number of aryl methyl sites for hydroxylation is 1. The largest absolute Gasteiger partial charge is 0.328 e. The van der Waals surface area contributed by atoms with Gasteiger partial charge in [0.15, 0.2) is 5.16 Å². The van der Waals surface area contributed by atoms with Crippen molar-refractivity contribution in [2.24, 2.45) is 12.8 Å². The Morgan fingerprint density at radius 2 is 2.28 bits per heavy atom. The SMILES string of the molecule is CC(N)Cc1cc(F)ccc1Sc1nncn1C. The van der Waals surface area contributed by atoms with Crippen LogP contribution in [-0.4, -0.2) is 20.8 Å². The first-order valence-electron chi connectivity index (χ1n) is 5.62. The minimum atomic E-state index is -0.243. The van der Waals surface area contributed by atoms with Crippen LogP contribution in [0.1, 0.15) is 12.5 Å². The number of halogens is 1. The van der Waals surface area contributed by atoms with Crippen LogP contribution in [0.4, 0.5) is 4.39 Å². The fraction of sp³-hybridized carbons (Fsp3) is 0.333. The Bertz CT molecular complexity index is 539. The molecule has 4 nitrogen and oxygen atoms in total. The Hall–Kier alpha value is -1.40. The third-order valence-corrected chi connectivity index (χ3v) is 3.61. The first-order valence-corrected chi connectivity index (χ1v) is 6.44. The lowest BCUT2D eigenvalue weighted by Crippen LogP contribution is -2.18. The number of benzene rings is 1. The molecule has 0 saturated heterocycles. The monoisotopic (exact) mass is 266 g/mol. The molecule has 0 radical (unpaired) electrons. The van der Waals surface area contributed by atoms with Gasteiger partial charge in [-0.1, -0.05) is 0 Å². The fourth-order valence-electron chi connectivity index (χ4n) is 1.62. The first-order chi connectivity index (χ1) is 8.56. The second-order valence-electron chi connectivity index (χ2n) is 4.26. The molecule has 0 aliphatic rings. The van der Waals surface area contributed by atoms with E-state index < -0.39 is 0 Å². The summed E-state index contributed by atoms with van der Waals surface area (Å²) in [5.74, 6) is -0.243. The van der Waals surface area contributed by atoms with Crippen molar-refractivity contribution in [3.8, 4) is 0 Å². The highest BCUT2D eigenvalue weighted by Gasteiger charge is 2.10. The van der Waals surface area contributed by atoms with E-state index in [2.05, 4.69) is 10.2 Å². The molecule has 1 unspecified atom stereocenters. The van der Waals surface area contributed by atoms with Crippen molar-refractivity contribution in [1.82, 2.24) is 14.8 Å². The predicted molar refractivity (Wildman–Crippen MR) is 68.9 cm³/mol. The van der Waals surface area contributed by atoms with Gasteiger partial charge >= 0.3 is 0 Å². The molecule has 0 aliphatic carbocycles. The number of aromatic nitrogens is 3. The van der Waals surface area contributed by atoms with Crippen molar-refractivity contribution in [3.05, 3.63) is 35.9 Å². The zero-order chi connectivity index (χ0) is 13.1. The van der Waals surface area contributed by atoms with Gasteiger partial charge in [0.05, 0.1) is 0 Å². The van der Waals surface area contributed by atoms with Gasteiger partial charge in [-0.05, 0) is 48.9 Å². The zero-order valence-electron chi connectivity index (χ0n) is 10.3. The summed E-state index contributed by atoms with van der Waals surface area (Å²) in [6.07, 6.45) is 2.27. The second kappa shape index (κ2) is 5.49. The Kier molecular flexibility index (Phi) is 3.98. The Morgan fingerprint density at radius 1 is 1.50 bits per heavy atom. The predicted octanol–water partition coefficient (Wildman–Crippen LogP) is 2.00. The minimum absolute atomic E-state index is 0.00866. The maximum atomic E-state index is 13.3. The van der Waals surface area contributed by atoms with Crippen molar-refractivity contribution < 1.29 is 4.39 Å². The molecule has 1 aromatic carbocycles. The highest BCUT2D eigenvalue weighted by molar-refractivity contribution is 7.99. The average Bonchev–Trinajstić information content (AvgIpc) is 2.67. The molecule has 0 fully saturated rings. The fourth-order valence-corrected chi connectivity index (χ4v) is 2.50. The number of nitrogens with two attached hydrogens (primary N) is 1. The van der Waals surface area contributed by atoms with E-state index >= 15 is 0 Å². The van der Waals surface area contributed by atoms with Crippen LogP contribution in [0.3, 0.4) is 0 Å². The van der Waals surface area contributed by atoms with Crippen LogP contribution in [0, 0.1) is 5.82 Å². The van der Waals surface area contributed by atoms with Crippen LogP contribution in [-0.2, 0) is 13.5 Å². The minimum Gasteiger partial charge on any atom is -0.328 e. The van der Waals surface area contributed by atoms with Crippen LogP contribution < -0.4 is 5.73 Å². The molecule has 1 heterocycles. The topological polar surface area (TPSA) is 56.7 Å². The van der Waals surface area contributed by atoms with Gasteiger partial charge in [0, 0.05) is 18.0 Å². The van der Waals surface area contributed by atoms with Crippen LogP contribution in [0.25, 0.3) is 0 Å². The van der Waals surface area contributed by atoms with Crippen LogP contribution in [0.5, 0.6) is 0 Å². The highest BCUT2D eigenvalue weighted by Crippen LogP contribution is 2.29. The summed E-state index contributed by atoms with van der Waals surface area (Å²) in [5.41, 5.74) is 6.68. The molecule has 1 atom stereocenters. The molecular weight excluding hydrogens is 251 g/mol. The van der Waals surface area contributed by atoms with Crippen LogP contribution in [0.15, 0.2) is 34.6 Å². The van der Waals surface area contributed by atoms with Gasteiger partial charge in [-0.25, -0.2) is 4.39 Å². The molecule has 2 aromatic rings. The molecule has 0 saturated carbocycles. The van der Waals surface area contributed by atoms with Crippen molar-refractivity contribution in [3.63, 3.8) is 0 Å². The number of hydrogen-bond donors (Lipinski definition) is 1. The lowest BCUT2D eigenvalue weighted by atomic mass is 10.1. The molecule has 0 spiro atoms. The van der Waals surface area contributed by atoms with Crippen LogP contribution in [0.2, 0.25) is 0 Å². The summed E-state index contributed by atoms with van der Waals surface area (Å²) in [6.45, 7) is 1.90. The number of rotatable bonds is 4. The van der Waals surface area contributed by atoms with Crippen molar-refractivity contribution in [1.29, 1.82) is 0 Å². The Morgan fingerprint density at radius 3 is 2.89 bits per heavy atom. The van der Waals surface area contributed by atoms with Gasteiger partial charge in [0.2, 0.25) is 0 Å². The van der Waals surface area contributed by atoms with E-state index in [0.717, 1.165) is 15.6 Å². The highest BCUT2D eigenvalue weighted by atomic mass is 32.2. The van der Waals surface area contributed by atoms with E-state index in [0.29, 0.717) is 6.42 Å². The molecule has 2 rings (SSSR count). The van der Waals surface area contributed by atoms with Crippen molar-refractivity contribution in [2.75, 3.05) is 0 Å². The Balaban J connectivity index is 2.29. The quantitative estimate of drug-likeness (QED) is 0.919. The van der Waals surface area contributed by atoms with E-state index in [4.69, 9.17) is 5.73 Å². The first kappa shape index (κ1) is 13.0. The summed E-state index contributed by atoms with van der Waals surface area (Å²) in [4.78, 5) is 0.963. The lowest BCUT2D eigenvalue weighted by Gasteiger charge is -2.11. The number of nitrogens with zero attached hydrogens (tertiary/aromatic N) is 3. The molecule has 0 bridgehead atoms. The van der Waals surface area contributed by atoms with Crippen LogP contribution >= 0.6 is 11.8 Å². The lowest BCUT2D eigenvalue weighted by molar-refractivity contribution is 0.620. The standard InChI is InChI=1S/C12H15FN4S/c1-8(14)5-9-6-10(13)3-4-11(9)18-12-16-15-7-17(12)2/h3-4,6-8H,5,14H2,1-2H3. The third kappa shape index (κ3) is 3.08. The third-order valence-electron chi connectivity index (χ3n) is 2.44. The molecule has 0 amide bonds. The molecule has 0 aliphatic heterocycles. The molecule has 96 valence electrons. The summed E-state index contributed by atoms with van der Waals surface area (Å²) >= 11 is 1.47. The summed E-state index contributed by atoms with van der Waals surface area (Å²) < 4.78 is 15.1. The Labute approximate surface area is 109 Å². The molecule has 18 heavy (non-hydrogen) atoms. The van der Waals surface area contributed by atoms with Gasteiger partial charge in [0.25, 0.3) is 0 Å². The van der Waals surface area contributed by atoms with E-state index in [-0.39, 0.29) is 11.9 Å². The number of hydrogen-bond acceptors (Lipinski definition) is 4. The van der Waals surface area contributed by atoms with Gasteiger partial charge in [-0.15, -0.1) is 10.2 Å².